The van der Waals surface area contributed by atoms with Crippen molar-refractivity contribution in [3.63, 3.8) is 0 Å². The maximum absolute atomic E-state index is 12.0. The molecule has 19 heavy (non-hydrogen) atoms. The zero-order valence-corrected chi connectivity index (χ0v) is 11.3. The lowest BCUT2D eigenvalue weighted by molar-refractivity contribution is -0.143. The molecule has 1 aliphatic heterocycles. The lowest BCUT2D eigenvalue weighted by Crippen LogP contribution is -2.54. The van der Waals surface area contributed by atoms with E-state index in [1.807, 2.05) is 6.92 Å². The van der Waals surface area contributed by atoms with E-state index in [0.717, 1.165) is 19.3 Å². The molecule has 6 heteroatoms. The summed E-state index contributed by atoms with van der Waals surface area (Å²) in [5.41, 5.74) is 0. The summed E-state index contributed by atoms with van der Waals surface area (Å²) in [5, 5.41) is 11.9. The number of carboxylic acid groups (broad SMARTS) is 1. The van der Waals surface area contributed by atoms with Crippen LogP contribution in [-0.4, -0.2) is 53.8 Å². The van der Waals surface area contributed by atoms with Crippen LogP contribution in [0.3, 0.4) is 0 Å². The highest BCUT2D eigenvalue weighted by atomic mass is 16.5. The van der Waals surface area contributed by atoms with E-state index in [-0.39, 0.29) is 18.2 Å². The van der Waals surface area contributed by atoms with Gasteiger partial charge in [0.2, 0.25) is 0 Å². The summed E-state index contributed by atoms with van der Waals surface area (Å²) < 4.78 is 5.44. The molecule has 2 rings (SSSR count). The van der Waals surface area contributed by atoms with Crippen LogP contribution in [0.25, 0.3) is 0 Å². The van der Waals surface area contributed by atoms with Crippen LogP contribution in [0.5, 0.6) is 0 Å². The third-order valence-corrected chi connectivity index (χ3v) is 3.88. The average Bonchev–Trinajstić information content (AvgIpc) is 2.36. The normalized spacial score (nSPS) is 30.6. The van der Waals surface area contributed by atoms with Crippen LogP contribution in [0.1, 0.15) is 32.6 Å². The van der Waals surface area contributed by atoms with E-state index in [9.17, 15) is 9.59 Å². The maximum atomic E-state index is 12.0. The number of likely N-dealkylation sites (tertiary alicyclic amines) is 1. The van der Waals surface area contributed by atoms with Crippen molar-refractivity contribution in [2.45, 2.75) is 44.8 Å². The van der Waals surface area contributed by atoms with Crippen LogP contribution in [0.2, 0.25) is 0 Å². The molecular formula is C13H22N2O4. The molecular weight excluding hydrogens is 248 g/mol. The van der Waals surface area contributed by atoms with Crippen LogP contribution >= 0.6 is 0 Å². The molecule has 0 radical (unpaired) electrons. The topological polar surface area (TPSA) is 78.9 Å². The number of urea groups is 1. The Balaban J connectivity index is 1.73. The van der Waals surface area contributed by atoms with Gasteiger partial charge in [-0.15, -0.1) is 0 Å². The van der Waals surface area contributed by atoms with Crippen LogP contribution in [0.15, 0.2) is 0 Å². The van der Waals surface area contributed by atoms with Crippen LogP contribution in [0.4, 0.5) is 4.79 Å². The van der Waals surface area contributed by atoms with Gasteiger partial charge in [-0.3, -0.25) is 4.79 Å². The first-order valence-corrected chi connectivity index (χ1v) is 7.00. The second kappa shape index (κ2) is 6.23. The highest BCUT2D eigenvalue weighted by Gasteiger charge is 2.33. The Bertz CT molecular complexity index is 342. The molecule has 1 heterocycles. The van der Waals surface area contributed by atoms with Gasteiger partial charge < -0.3 is 20.1 Å². The fourth-order valence-electron chi connectivity index (χ4n) is 2.68. The molecule has 2 fully saturated rings. The van der Waals surface area contributed by atoms with Crippen LogP contribution in [-0.2, 0) is 9.53 Å². The first-order valence-electron chi connectivity index (χ1n) is 7.00. The second-order valence-electron chi connectivity index (χ2n) is 5.32. The minimum absolute atomic E-state index is 0.133. The fraction of sp³-hybridized carbons (Fsp3) is 0.846. The van der Waals surface area contributed by atoms with Gasteiger partial charge in [-0.2, -0.15) is 0 Å². The average molecular weight is 270 g/mol. The van der Waals surface area contributed by atoms with Gasteiger partial charge in [0, 0.05) is 25.7 Å². The zero-order valence-electron chi connectivity index (χ0n) is 11.3. The highest BCUT2D eigenvalue weighted by Crippen LogP contribution is 2.24. The molecule has 1 saturated heterocycles. The first kappa shape index (κ1) is 14.1. The molecule has 1 saturated carbocycles. The van der Waals surface area contributed by atoms with Gasteiger partial charge in [0.05, 0.1) is 12.0 Å². The van der Waals surface area contributed by atoms with E-state index in [2.05, 4.69) is 5.32 Å². The first-order chi connectivity index (χ1) is 9.10. The Labute approximate surface area is 113 Å². The number of aliphatic carboxylic acids is 1. The summed E-state index contributed by atoms with van der Waals surface area (Å²) in [7, 11) is 0. The predicted molar refractivity (Wildman–Crippen MR) is 68.9 cm³/mol. The Kier molecular flexibility index (Phi) is 4.63. The molecule has 2 aliphatic rings. The second-order valence-corrected chi connectivity index (χ2v) is 5.32. The molecule has 2 amide bonds. The van der Waals surface area contributed by atoms with E-state index in [1.165, 1.54) is 0 Å². The summed E-state index contributed by atoms with van der Waals surface area (Å²) >= 11 is 0. The number of carbonyl (C=O) groups excluding carboxylic acids is 1. The SMILES string of the molecule is CCOC1CC(NC(=O)N2CCC[C@H](C(=O)O)C2)C1. The third kappa shape index (κ3) is 3.59. The lowest BCUT2D eigenvalue weighted by Gasteiger charge is -2.38. The van der Waals surface area contributed by atoms with Gasteiger partial charge in [0.25, 0.3) is 0 Å². The van der Waals surface area contributed by atoms with E-state index in [1.54, 1.807) is 4.90 Å². The number of rotatable bonds is 4. The Morgan fingerprint density at radius 3 is 2.79 bits per heavy atom. The predicted octanol–water partition coefficient (Wildman–Crippen LogP) is 1.06. The minimum Gasteiger partial charge on any atom is -0.481 e. The van der Waals surface area contributed by atoms with Crippen LogP contribution in [0, 0.1) is 5.92 Å². The molecule has 6 nitrogen and oxygen atoms in total. The number of nitrogens with one attached hydrogen (secondary N) is 1. The number of ether oxygens (including phenoxy) is 1. The van der Waals surface area contributed by atoms with Gasteiger partial charge in [0.1, 0.15) is 0 Å². The lowest BCUT2D eigenvalue weighted by atomic mass is 9.89. The van der Waals surface area contributed by atoms with Crippen LogP contribution < -0.4 is 5.32 Å². The van der Waals surface area contributed by atoms with Gasteiger partial charge in [0.15, 0.2) is 0 Å². The summed E-state index contributed by atoms with van der Waals surface area (Å²) in [5.74, 6) is -1.23. The molecule has 2 N–H and O–H groups in total. The molecule has 0 bridgehead atoms. The van der Waals surface area contributed by atoms with Crippen molar-refractivity contribution >= 4 is 12.0 Å². The molecule has 108 valence electrons. The Morgan fingerprint density at radius 2 is 2.16 bits per heavy atom. The van der Waals surface area contributed by atoms with Gasteiger partial charge in [-0.05, 0) is 32.6 Å². The highest BCUT2D eigenvalue weighted by molar-refractivity contribution is 5.76. The van der Waals surface area contributed by atoms with Gasteiger partial charge in [-0.1, -0.05) is 0 Å². The molecule has 1 atom stereocenters. The van der Waals surface area contributed by atoms with Gasteiger partial charge in [-0.25, -0.2) is 4.79 Å². The Morgan fingerprint density at radius 1 is 1.42 bits per heavy atom. The molecule has 0 unspecified atom stereocenters. The summed E-state index contributed by atoms with van der Waals surface area (Å²) in [6.07, 6.45) is 3.40. The summed E-state index contributed by atoms with van der Waals surface area (Å²) in [4.78, 5) is 24.6. The standard InChI is InChI=1S/C13H22N2O4/c1-2-19-11-6-10(7-11)14-13(18)15-5-3-4-9(8-15)12(16)17/h9-11H,2-8H2,1H3,(H,14,18)(H,16,17)/t9-,10?,11?/m0/s1. The minimum atomic E-state index is -0.808. The quantitative estimate of drug-likeness (QED) is 0.800. The molecule has 0 aromatic rings. The largest absolute Gasteiger partial charge is 0.481 e. The molecule has 0 aromatic heterocycles. The van der Waals surface area contributed by atoms with E-state index in [4.69, 9.17) is 9.84 Å². The number of hydrogen-bond acceptors (Lipinski definition) is 3. The monoisotopic (exact) mass is 270 g/mol. The molecule has 0 aromatic carbocycles. The summed E-state index contributed by atoms with van der Waals surface area (Å²) in [6.45, 7) is 3.64. The van der Waals surface area contributed by atoms with E-state index < -0.39 is 11.9 Å². The van der Waals surface area contributed by atoms with Gasteiger partial charge >= 0.3 is 12.0 Å². The number of hydrogen-bond donors (Lipinski definition) is 2. The number of carbonyl (C=O) groups is 2. The molecule has 0 spiro atoms. The zero-order chi connectivity index (χ0) is 13.8. The number of carboxylic acids is 1. The van der Waals surface area contributed by atoms with Crippen molar-refractivity contribution in [1.29, 1.82) is 0 Å². The number of amides is 2. The van der Waals surface area contributed by atoms with E-state index in [0.29, 0.717) is 26.1 Å². The Hall–Kier alpha value is -1.30. The van der Waals surface area contributed by atoms with Crippen molar-refractivity contribution in [2.24, 2.45) is 5.92 Å². The maximum Gasteiger partial charge on any atom is 0.317 e. The fourth-order valence-corrected chi connectivity index (χ4v) is 2.68. The third-order valence-electron chi connectivity index (χ3n) is 3.88. The smallest absolute Gasteiger partial charge is 0.317 e. The van der Waals surface area contributed by atoms with Crippen molar-refractivity contribution in [1.82, 2.24) is 10.2 Å². The number of nitrogens with zero attached hydrogens (tertiary/aromatic N) is 1. The van der Waals surface area contributed by atoms with E-state index >= 15 is 0 Å². The van der Waals surface area contributed by atoms with Crippen molar-refractivity contribution < 1.29 is 19.4 Å². The van der Waals surface area contributed by atoms with Crippen molar-refractivity contribution in [3.8, 4) is 0 Å². The van der Waals surface area contributed by atoms with Crippen molar-refractivity contribution in [3.05, 3.63) is 0 Å². The number of piperidine rings is 1. The molecule has 1 aliphatic carbocycles. The van der Waals surface area contributed by atoms with Crippen molar-refractivity contribution in [2.75, 3.05) is 19.7 Å². The summed E-state index contributed by atoms with van der Waals surface area (Å²) in [6, 6.07) is 0.0418.